The van der Waals surface area contributed by atoms with Crippen molar-refractivity contribution < 1.29 is 92.7 Å². The van der Waals surface area contributed by atoms with Gasteiger partial charge in [0.25, 0.3) is 0 Å². The molecule has 0 aliphatic heterocycles. The van der Waals surface area contributed by atoms with Gasteiger partial charge >= 0.3 is 11.9 Å². The standard InChI is InChI=1S/C43H67N13O19/c1-21(57)36(42(73)51-17-30(61)48-16-29(60)49-18-31(62)52-26(38(45)69)5-3-4-14-47-33(64)20-75-46)55-32(63)19-50-40(71)27(10-12-34(65)66)54-43(74)37(22(2)58)56-41(72)28(11-13-35(67)68)53-39(70)25(44)15-23-6-8-24(59)9-7-23/h6-9,21-22,25-28,36-37,57-59H,3-5,10-20,44,46H2,1-2H3,(H2,45,69)(H,47,64)(H,48,61)(H,49,60)(H,50,71)(H,51,73)(H,52,62)(H,53,70)(H,54,74)(H,55,63)(H,56,72)(H,65,66)(H,67,68)/t21?,22?,25-,26-,27-,28-,36-,37?/m0/s1. The van der Waals surface area contributed by atoms with E-state index in [1.807, 2.05) is 0 Å². The Balaban J connectivity index is 2.80. The number of aliphatic carboxylic acids is 2. The number of rotatable bonds is 36. The van der Waals surface area contributed by atoms with Crippen LogP contribution in [0.3, 0.4) is 0 Å². The average Bonchev–Trinajstić information content (AvgIpc) is 3.34. The van der Waals surface area contributed by atoms with Crippen LogP contribution in [0.15, 0.2) is 24.3 Å². The molecule has 0 bridgehead atoms. The van der Waals surface area contributed by atoms with Crippen LogP contribution in [0.25, 0.3) is 0 Å². The number of primary amides is 1. The zero-order valence-corrected chi connectivity index (χ0v) is 41.0. The Morgan fingerprint density at radius 3 is 1.55 bits per heavy atom. The molecule has 1 aromatic carbocycles. The Hall–Kier alpha value is -8.07. The summed E-state index contributed by atoms with van der Waals surface area (Å²) in [6, 6.07) is -3.73. The first-order chi connectivity index (χ1) is 35.2. The van der Waals surface area contributed by atoms with Crippen LogP contribution in [0, 0.1) is 0 Å². The van der Waals surface area contributed by atoms with E-state index in [0.717, 1.165) is 13.8 Å². The lowest BCUT2D eigenvalue weighted by Gasteiger charge is -2.27. The van der Waals surface area contributed by atoms with Crippen molar-refractivity contribution in [3.05, 3.63) is 29.8 Å². The highest BCUT2D eigenvalue weighted by Gasteiger charge is 2.34. The molecule has 0 saturated carbocycles. The smallest absolute Gasteiger partial charge is 0.303 e. The minimum atomic E-state index is -1.90. The lowest BCUT2D eigenvalue weighted by atomic mass is 10.0. The first-order valence-electron chi connectivity index (χ1n) is 23.0. The number of benzene rings is 1. The fourth-order valence-electron chi connectivity index (χ4n) is 6.29. The molecule has 0 heterocycles. The summed E-state index contributed by atoms with van der Waals surface area (Å²) in [5.41, 5.74) is 11.9. The van der Waals surface area contributed by atoms with E-state index in [1.165, 1.54) is 24.3 Å². The lowest BCUT2D eigenvalue weighted by molar-refractivity contribution is -0.139. The maximum absolute atomic E-state index is 13.4. The van der Waals surface area contributed by atoms with Gasteiger partial charge in [-0.3, -0.25) is 67.2 Å². The maximum Gasteiger partial charge on any atom is 0.303 e. The van der Waals surface area contributed by atoms with E-state index in [4.69, 9.17) is 17.4 Å². The van der Waals surface area contributed by atoms with Crippen LogP contribution >= 0.6 is 0 Å². The molecule has 32 nitrogen and oxygen atoms in total. The topological polar surface area (TPSA) is 531 Å². The number of carboxylic acid groups (broad SMARTS) is 2. The predicted molar refractivity (Wildman–Crippen MR) is 255 cm³/mol. The SMILES string of the molecule is CC(O)C(NC(=O)[C@H](CCC(=O)O)NC(=O)[C@@H](N)Cc1ccc(O)cc1)C(=O)N[C@@H](CCC(=O)O)C(=O)NCC(=O)N[C@H](C(=O)NCC(=O)NCC(=O)NCC(=O)N[C@@H](CCCCNC(=O)CON)C(N)=O)C(C)O. The second-order valence-electron chi connectivity index (χ2n) is 16.6. The zero-order chi connectivity index (χ0) is 56.8. The van der Waals surface area contributed by atoms with E-state index < -0.39 is 177 Å². The molecule has 0 aliphatic rings. The fraction of sp³-hybridized carbons (Fsp3) is 0.558. The third-order valence-electron chi connectivity index (χ3n) is 10.3. The number of nitrogens with two attached hydrogens (primary N) is 3. The molecule has 21 N–H and O–H groups in total. The first kappa shape index (κ1) is 64.9. The first-order valence-corrected chi connectivity index (χ1v) is 23.0. The number of nitrogens with one attached hydrogen (secondary N) is 10. The number of carbonyl (C=O) groups excluding carboxylic acids is 11. The maximum atomic E-state index is 13.4. The van der Waals surface area contributed by atoms with Crippen LogP contribution in [0.2, 0.25) is 0 Å². The fourth-order valence-corrected chi connectivity index (χ4v) is 6.29. The monoisotopic (exact) mass is 1070 g/mol. The summed E-state index contributed by atoms with van der Waals surface area (Å²) in [6.07, 6.45) is -5.01. The summed E-state index contributed by atoms with van der Waals surface area (Å²) >= 11 is 0. The van der Waals surface area contributed by atoms with Crippen molar-refractivity contribution in [3.63, 3.8) is 0 Å². The van der Waals surface area contributed by atoms with Gasteiger partial charge in [0, 0.05) is 19.4 Å². The molecule has 32 heteroatoms. The van der Waals surface area contributed by atoms with Crippen molar-refractivity contribution in [1.29, 1.82) is 0 Å². The van der Waals surface area contributed by atoms with Crippen LogP contribution < -0.4 is 70.5 Å². The van der Waals surface area contributed by atoms with E-state index >= 15 is 0 Å². The summed E-state index contributed by atoms with van der Waals surface area (Å²) in [5, 5.41) is 70.9. The van der Waals surface area contributed by atoms with Crippen LogP contribution in [-0.2, 0) is 73.6 Å². The number of unbranched alkanes of at least 4 members (excludes halogenated alkanes) is 1. The number of phenols is 1. The van der Waals surface area contributed by atoms with E-state index in [-0.39, 0.29) is 31.7 Å². The molecule has 75 heavy (non-hydrogen) atoms. The number of hydrogen-bond acceptors (Lipinski definition) is 19. The number of amides is 11. The van der Waals surface area contributed by atoms with Gasteiger partial charge in [-0.05, 0) is 70.1 Å². The molecule has 3 unspecified atom stereocenters. The van der Waals surface area contributed by atoms with Crippen LogP contribution in [-0.4, -0.2) is 190 Å². The lowest BCUT2D eigenvalue weighted by Crippen LogP contribution is -2.61. The minimum Gasteiger partial charge on any atom is -0.508 e. The molecule has 8 atom stereocenters. The van der Waals surface area contributed by atoms with Gasteiger partial charge in [0.15, 0.2) is 0 Å². The van der Waals surface area contributed by atoms with Gasteiger partial charge in [-0.2, -0.15) is 0 Å². The Kier molecular flexibility index (Phi) is 29.8. The molecule has 0 radical (unpaired) electrons. The van der Waals surface area contributed by atoms with Crippen molar-refractivity contribution in [2.45, 2.75) is 114 Å². The quantitative estimate of drug-likeness (QED) is 0.0219. The number of carboxylic acids is 2. The van der Waals surface area contributed by atoms with Gasteiger partial charge in [-0.1, -0.05) is 12.1 Å². The van der Waals surface area contributed by atoms with E-state index in [9.17, 15) is 87.9 Å². The molecular weight excluding hydrogens is 1000 g/mol. The Bertz CT molecular complexity index is 2160. The summed E-state index contributed by atoms with van der Waals surface area (Å²) < 4.78 is 0. The highest BCUT2D eigenvalue weighted by Crippen LogP contribution is 2.12. The molecule has 0 fully saturated rings. The molecule has 0 spiro atoms. The third-order valence-corrected chi connectivity index (χ3v) is 10.3. The summed E-state index contributed by atoms with van der Waals surface area (Å²) in [5.74, 6) is -8.67. The van der Waals surface area contributed by atoms with E-state index in [1.54, 1.807) is 0 Å². The number of hydrogen-bond donors (Lipinski definition) is 18. The van der Waals surface area contributed by atoms with Gasteiger partial charge in [0.1, 0.15) is 42.6 Å². The van der Waals surface area contributed by atoms with Crippen molar-refractivity contribution in [1.82, 2.24) is 53.2 Å². The molecule has 0 saturated heterocycles. The van der Waals surface area contributed by atoms with Crippen LogP contribution in [0.4, 0.5) is 0 Å². The van der Waals surface area contributed by atoms with Crippen molar-refractivity contribution in [3.8, 4) is 5.75 Å². The van der Waals surface area contributed by atoms with Gasteiger partial charge in [-0.15, -0.1) is 0 Å². The number of aliphatic hydroxyl groups is 2. The van der Waals surface area contributed by atoms with E-state index in [2.05, 4.69) is 58.0 Å². The van der Waals surface area contributed by atoms with Crippen molar-refractivity contribution in [2.75, 3.05) is 39.3 Å². The third kappa shape index (κ3) is 27.5. The molecule has 418 valence electrons. The number of aromatic hydroxyl groups is 1. The predicted octanol–water partition coefficient (Wildman–Crippen LogP) is -8.70. The summed E-state index contributed by atoms with van der Waals surface area (Å²) in [7, 11) is 0. The van der Waals surface area contributed by atoms with E-state index in [0.29, 0.717) is 18.4 Å². The van der Waals surface area contributed by atoms with Crippen LogP contribution in [0.1, 0.15) is 64.4 Å². The van der Waals surface area contributed by atoms with Crippen molar-refractivity contribution >= 4 is 76.9 Å². The van der Waals surface area contributed by atoms with Gasteiger partial charge in [0.05, 0.1) is 44.4 Å². The van der Waals surface area contributed by atoms with Crippen LogP contribution in [0.5, 0.6) is 5.75 Å². The highest BCUT2D eigenvalue weighted by atomic mass is 16.6. The van der Waals surface area contributed by atoms with Gasteiger partial charge in [-0.25, -0.2) is 5.90 Å². The molecule has 0 aromatic heterocycles. The molecule has 1 aromatic rings. The molecule has 11 amide bonds. The number of aliphatic hydroxyl groups excluding tert-OH is 2. The summed E-state index contributed by atoms with van der Waals surface area (Å²) in [6.45, 7) is -1.01. The van der Waals surface area contributed by atoms with Gasteiger partial charge in [0.2, 0.25) is 65.0 Å². The second-order valence-corrected chi connectivity index (χ2v) is 16.6. The number of carbonyl (C=O) groups is 13. The molecule has 1 rings (SSSR count). The highest BCUT2D eigenvalue weighted by molar-refractivity contribution is 5.97. The average molecular weight is 1070 g/mol. The zero-order valence-electron chi connectivity index (χ0n) is 41.0. The summed E-state index contributed by atoms with van der Waals surface area (Å²) in [4.78, 5) is 166. The molecule has 0 aliphatic carbocycles. The Labute approximate surface area is 428 Å². The van der Waals surface area contributed by atoms with Crippen molar-refractivity contribution in [2.24, 2.45) is 17.4 Å². The largest absolute Gasteiger partial charge is 0.508 e. The Morgan fingerprint density at radius 1 is 0.533 bits per heavy atom. The minimum absolute atomic E-state index is 0.0502. The molecular formula is C43H67N13O19. The Morgan fingerprint density at radius 2 is 1.01 bits per heavy atom. The van der Waals surface area contributed by atoms with Gasteiger partial charge < -0.3 is 90.2 Å². The normalized spacial score (nSPS) is 13.9. The second kappa shape index (κ2) is 34.4. The number of phenolic OH excluding ortho intramolecular Hbond substituents is 1.